The largest absolute Gasteiger partial charge is 0.463 e. The Morgan fingerprint density at radius 3 is 2.90 bits per heavy atom. The maximum atomic E-state index is 9.65. The molecule has 1 fully saturated rings. The molecule has 1 aromatic heterocycles. The number of ether oxygens (including phenoxy) is 1. The molecule has 1 aliphatic rings. The highest BCUT2D eigenvalue weighted by atomic mass is 16.5. The maximum absolute atomic E-state index is 9.65. The highest BCUT2D eigenvalue weighted by Gasteiger charge is 2.28. The zero-order valence-electron chi connectivity index (χ0n) is 11.9. The number of aromatic nitrogens is 3. The number of aliphatic hydroxyl groups is 1. The van der Waals surface area contributed by atoms with Crippen LogP contribution in [0.5, 0.6) is 6.01 Å². The van der Waals surface area contributed by atoms with Crippen molar-refractivity contribution in [3.8, 4) is 6.01 Å². The smallest absolute Gasteiger partial charge is 0.323 e. The van der Waals surface area contributed by atoms with Crippen LogP contribution in [0, 0.1) is 5.92 Å². The van der Waals surface area contributed by atoms with Crippen LogP contribution in [0.2, 0.25) is 0 Å². The van der Waals surface area contributed by atoms with Gasteiger partial charge in [-0.1, -0.05) is 6.92 Å². The van der Waals surface area contributed by atoms with Gasteiger partial charge in [-0.15, -0.1) is 0 Å². The number of nitrogens with one attached hydrogen (secondary N) is 1. The van der Waals surface area contributed by atoms with Crippen LogP contribution in [0.15, 0.2) is 0 Å². The van der Waals surface area contributed by atoms with E-state index in [1.54, 1.807) is 0 Å². The Morgan fingerprint density at radius 1 is 1.50 bits per heavy atom. The van der Waals surface area contributed by atoms with Crippen LogP contribution in [-0.2, 0) is 0 Å². The molecule has 0 aromatic carbocycles. The van der Waals surface area contributed by atoms with Crippen molar-refractivity contribution in [2.45, 2.75) is 32.8 Å². The van der Waals surface area contributed by atoms with E-state index in [1.807, 2.05) is 18.7 Å². The zero-order valence-corrected chi connectivity index (χ0v) is 11.9. The van der Waals surface area contributed by atoms with Crippen LogP contribution in [-0.4, -0.2) is 45.9 Å². The molecule has 0 aliphatic carbocycles. The van der Waals surface area contributed by atoms with Gasteiger partial charge < -0.3 is 14.7 Å². The molecule has 112 valence electrons. The zero-order chi connectivity index (χ0) is 14.5. The molecule has 20 heavy (non-hydrogen) atoms. The molecule has 2 atom stereocenters. The average Bonchev–Trinajstić information content (AvgIpc) is 2.94. The summed E-state index contributed by atoms with van der Waals surface area (Å²) in [5, 5.41) is 9.65. The molecule has 1 aliphatic heterocycles. The van der Waals surface area contributed by atoms with Gasteiger partial charge in [0, 0.05) is 19.0 Å². The van der Waals surface area contributed by atoms with Crippen molar-refractivity contribution < 1.29 is 9.84 Å². The van der Waals surface area contributed by atoms with Gasteiger partial charge in [0.1, 0.15) is 0 Å². The highest BCUT2D eigenvalue weighted by Crippen LogP contribution is 2.24. The van der Waals surface area contributed by atoms with Crippen molar-refractivity contribution in [3.05, 3.63) is 0 Å². The summed E-state index contributed by atoms with van der Waals surface area (Å²) >= 11 is 0. The van der Waals surface area contributed by atoms with Crippen LogP contribution < -0.4 is 20.9 Å². The van der Waals surface area contributed by atoms with Gasteiger partial charge in [0.05, 0.1) is 12.7 Å². The first-order valence-electron chi connectivity index (χ1n) is 6.92. The molecule has 4 N–H and O–H groups in total. The summed E-state index contributed by atoms with van der Waals surface area (Å²) in [6, 6.07) is 0.269. The van der Waals surface area contributed by atoms with Gasteiger partial charge in [0.25, 0.3) is 0 Å². The van der Waals surface area contributed by atoms with E-state index in [2.05, 4.69) is 20.4 Å². The van der Waals surface area contributed by atoms with E-state index in [0.29, 0.717) is 12.6 Å². The van der Waals surface area contributed by atoms with Gasteiger partial charge in [0.15, 0.2) is 0 Å². The highest BCUT2D eigenvalue weighted by molar-refractivity contribution is 5.38. The molecule has 1 aromatic rings. The summed E-state index contributed by atoms with van der Waals surface area (Å²) in [7, 11) is 0. The first kappa shape index (κ1) is 14.7. The third kappa shape index (κ3) is 3.45. The Hall–Kier alpha value is -1.67. The molecule has 0 bridgehead atoms. The standard InChI is InChI=1S/C12H22N6O2/c1-3-6-20-12-15-10(17-13)14-11(16-12)18-5-4-9(7-18)8(2)19/h8-9,19H,3-7,13H2,1-2H3,(H,14,15,16,17). The van der Waals surface area contributed by atoms with E-state index in [-0.39, 0.29) is 24.0 Å². The molecule has 2 rings (SSSR count). The molecular formula is C12H22N6O2. The van der Waals surface area contributed by atoms with Crippen molar-refractivity contribution in [3.63, 3.8) is 0 Å². The van der Waals surface area contributed by atoms with E-state index in [9.17, 15) is 5.11 Å². The predicted octanol–water partition coefficient (Wildman–Crippen LogP) is 0.153. The van der Waals surface area contributed by atoms with E-state index >= 15 is 0 Å². The second-order valence-electron chi connectivity index (χ2n) is 4.97. The maximum Gasteiger partial charge on any atom is 0.323 e. The van der Waals surface area contributed by atoms with Crippen molar-refractivity contribution in [2.24, 2.45) is 11.8 Å². The van der Waals surface area contributed by atoms with Crippen molar-refractivity contribution in [1.29, 1.82) is 0 Å². The summed E-state index contributed by atoms with van der Waals surface area (Å²) in [5.41, 5.74) is 2.42. The Morgan fingerprint density at radius 2 is 2.30 bits per heavy atom. The third-order valence-electron chi connectivity index (χ3n) is 3.36. The minimum atomic E-state index is -0.329. The molecule has 1 saturated heterocycles. The predicted molar refractivity (Wildman–Crippen MR) is 75.4 cm³/mol. The summed E-state index contributed by atoms with van der Waals surface area (Å²) in [5.74, 6) is 6.42. The first-order valence-corrected chi connectivity index (χ1v) is 6.92. The lowest BCUT2D eigenvalue weighted by atomic mass is 10.0. The van der Waals surface area contributed by atoms with Crippen molar-refractivity contribution >= 4 is 11.9 Å². The minimum absolute atomic E-state index is 0.237. The molecule has 2 heterocycles. The lowest BCUT2D eigenvalue weighted by molar-refractivity contribution is 0.136. The van der Waals surface area contributed by atoms with Crippen molar-refractivity contribution in [2.75, 3.05) is 30.0 Å². The van der Waals surface area contributed by atoms with Crippen LogP contribution >= 0.6 is 0 Å². The van der Waals surface area contributed by atoms with E-state index in [4.69, 9.17) is 10.6 Å². The number of nitrogens with zero attached hydrogens (tertiary/aromatic N) is 4. The Labute approximate surface area is 118 Å². The van der Waals surface area contributed by atoms with Gasteiger partial charge in [-0.05, 0) is 19.8 Å². The molecule has 8 nitrogen and oxygen atoms in total. The van der Waals surface area contributed by atoms with E-state index in [1.165, 1.54) is 0 Å². The molecule has 0 amide bonds. The summed E-state index contributed by atoms with van der Waals surface area (Å²) in [6.45, 7) is 5.89. The Kier molecular flexibility index (Phi) is 4.91. The number of aliphatic hydroxyl groups excluding tert-OH is 1. The number of anilines is 2. The Balaban J connectivity index is 2.14. The van der Waals surface area contributed by atoms with Crippen LogP contribution in [0.3, 0.4) is 0 Å². The average molecular weight is 282 g/mol. The molecule has 0 saturated carbocycles. The van der Waals surface area contributed by atoms with Gasteiger partial charge in [-0.3, -0.25) is 5.43 Å². The number of nitrogens with two attached hydrogens (primary N) is 1. The third-order valence-corrected chi connectivity index (χ3v) is 3.36. The monoisotopic (exact) mass is 282 g/mol. The molecule has 2 unspecified atom stereocenters. The van der Waals surface area contributed by atoms with Crippen LogP contribution in [0.25, 0.3) is 0 Å². The molecular weight excluding hydrogens is 260 g/mol. The van der Waals surface area contributed by atoms with E-state index in [0.717, 1.165) is 25.9 Å². The van der Waals surface area contributed by atoms with Crippen LogP contribution in [0.1, 0.15) is 26.7 Å². The fourth-order valence-corrected chi connectivity index (χ4v) is 2.17. The Bertz CT molecular complexity index is 442. The van der Waals surface area contributed by atoms with Gasteiger partial charge in [0.2, 0.25) is 11.9 Å². The number of nitrogen functional groups attached to an aromatic ring is 1. The quantitative estimate of drug-likeness (QED) is 0.500. The van der Waals surface area contributed by atoms with Gasteiger partial charge in [-0.2, -0.15) is 15.0 Å². The number of hydrazine groups is 1. The summed E-state index contributed by atoms with van der Waals surface area (Å²) < 4.78 is 5.44. The lowest BCUT2D eigenvalue weighted by Crippen LogP contribution is -2.26. The van der Waals surface area contributed by atoms with Crippen LogP contribution in [0.4, 0.5) is 11.9 Å². The second-order valence-corrected chi connectivity index (χ2v) is 4.97. The van der Waals surface area contributed by atoms with E-state index < -0.39 is 0 Å². The first-order chi connectivity index (χ1) is 9.63. The number of rotatable bonds is 6. The topological polar surface area (TPSA) is 109 Å². The summed E-state index contributed by atoms with van der Waals surface area (Å²) in [6.07, 6.45) is 1.46. The van der Waals surface area contributed by atoms with Crippen molar-refractivity contribution in [1.82, 2.24) is 15.0 Å². The molecule has 0 spiro atoms. The number of hydrogen-bond donors (Lipinski definition) is 3. The fourth-order valence-electron chi connectivity index (χ4n) is 2.17. The normalized spacial score (nSPS) is 20.0. The molecule has 0 radical (unpaired) electrons. The minimum Gasteiger partial charge on any atom is -0.463 e. The SMILES string of the molecule is CCCOc1nc(NN)nc(N2CCC(C(C)O)C2)n1. The van der Waals surface area contributed by atoms with Gasteiger partial charge in [-0.25, -0.2) is 5.84 Å². The number of hydrogen-bond acceptors (Lipinski definition) is 8. The fraction of sp³-hybridized carbons (Fsp3) is 0.750. The lowest BCUT2D eigenvalue weighted by Gasteiger charge is -2.18. The molecule has 8 heteroatoms. The summed E-state index contributed by atoms with van der Waals surface area (Å²) in [4.78, 5) is 14.6. The second kappa shape index (κ2) is 6.67. The van der Waals surface area contributed by atoms with Gasteiger partial charge >= 0.3 is 6.01 Å².